The van der Waals surface area contributed by atoms with Crippen molar-refractivity contribution in [3.8, 4) is 23.0 Å². The summed E-state index contributed by atoms with van der Waals surface area (Å²) in [5, 5.41) is 16.7. The fourth-order valence-corrected chi connectivity index (χ4v) is 3.95. The van der Waals surface area contributed by atoms with Gasteiger partial charge in [0.15, 0.2) is 0 Å². The Morgan fingerprint density at radius 3 is 2.53 bits per heavy atom. The Labute approximate surface area is 187 Å². The van der Waals surface area contributed by atoms with E-state index in [2.05, 4.69) is 10.4 Å². The third kappa shape index (κ3) is 4.77. The Bertz CT molecular complexity index is 1300. The summed E-state index contributed by atoms with van der Waals surface area (Å²) in [6.07, 6.45) is 3.16. The molecule has 8 nitrogen and oxygen atoms in total. The molecule has 3 rings (SSSR count). The molecule has 32 heavy (non-hydrogen) atoms. The van der Waals surface area contributed by atoms with E-state index in [1.807, 2.05) is 36.4 Å². The Hall–Kier alpha value is -3.74. The Morgan fingerprint density at radius 1 is 1.19 bits per heavy atom. The van der Waals surface area contributed by atoms with Crippen molar-refractivity contribution < 1.29 is 13.2 Å². The molecule has 1 heterocycles. The summed E-state index contributed by atoms with van der Waals surface area (Å²) in [5.41, 5.74) is 2.21. The van der Waals surface area contributed by atoms with Gasteiger partial charge in [0.2, 0.25) is 10.0 Å². The molecule has 164 valence electrons. The number of sulfonamides is 1. The van der Waals surface area contributed by atoms with Crippen LogP contribution in [0.1, 0.15) is 12.5 Å². The van der Waals surface area contributed by atoms with E-state index in [4.69, 9.17) is 0 Å². The van der Waals surface area contributed by atoms with Crippen LogP contribution in [0.5, 0.6) is 0 Å². The summed E-state index contributed by atoms with van der Waals surface area (Å²) in [6, 6.07) is 17.7. The second-order valence-corrected chi connectivity index (χ2v) is 9.21. The molecule has 0 aliphatic carbocycles. The molecular weight excluding hydrogens is 426 g/mol. The Balaban J connectivity index is 2.20. The van der Waals surface area contributed by atoms with Crippen LogP contribution in [0.2, 0.25) is 0 Å². The first kappa shape index (κ1) is 22.9. The molecule has 1 N–H and O–H groups in total. The fourth-order valence-electron chi connectivity index (χ4n) is 3.00. The predicted molar refractivity (Wildman–Crippen MR) is 122 cm³/mol. The van der Waals surface area contributed by atoms with Crippen molar-refractivity contribution in [1.82, 2.24) is 19.4 Å². The lowest BCUT2D eigenvalue weighted by Crippen LogP contribution is -2.23. The highest BCUT2D eigenvalue weighted by Gasteiger charge is 2.20. The predicted octanol–water partition coefficient (Wildman–Crippen LogP) is 2.83. The van der Waals surface area contributed by atoms with Gasteiger partial charge in [-0.2, -0.15) is 10.4 Å². The minimum Gasteiger partial charge on any atom is -0.352 e. The lowest BCUT2D eigenvalue weighted by atomic mass is 10.1. The van der Waals surface area contributed by atoms with Gasteiger partial charge in [-0.25, -0.2) is 17.4 Å². The van der Waals surface area contributed by atoms with Crippen LogP contribution in [-0.2, 0) is 14.8 Å². The molecule has 9 heteroatoms. The maximum atomic E-state index is 12.6. The minimum atomic E-state index is -3.65. The fraction of sp³-hybridized carbons (Fsp3) is 0.174. The van der Waals surface area contributed by atoms with Gasteiger partial charge in [0.1, 0.15) is 17.3 Å². The van der Waals surface area contributed by atoms with Crippen LogP contribution in [0.3, 0.4) is 0 Å². The average Bonchev–Trinajstić information content (AvgIpc) is 3.22. The number of rotatable bonds is 7. The summed E-state index contributed by atoms with van der Waals surface area (Å²) in [4.78, 5) is 12.4. The molecule has 0 saturated carbocycles. The first-order valence-electron chi connectivity index (χ1n) is 9.86. The van der Waals surface area contributed by atoms with Crippen LogP contribution < -0.4 is 5.32 Å². The van der Waals surface area contributed by atoms with Gasteiger partial charge in [-0.15, -0.1) is 0 Å². The van der Waals surface area contributed by atoms with Crippen LogP contribution in [0.25, 0.3) is 23.0 Å². The van der Waals surface area contributed by atoms with E-state index in [9.17, 15) is 18.5 Å². The molecule has 0 aliphatic rings. The van der Waals surface area contributed by atoms with Crippen LogP contribution >= 0.6 is 0 Å². The van der Waals surface area contributed by atoms with Gasteiger partial charge in [0.25, 0.3) is 5.91 Å². The van der Waals surface area contributed by atoms with Crippen molar-refractivity contribution in [3.63, 3.8) is 0 Å². The van der Waals surface area contributed by atoms with E-state index in [-0.39, 0.29) is 10.5 Å². The van der Waals surface area contributed by atoms with Gasteiger partial charge in [0.05, 0.1) is 10.6 Å². The van der Waals surface area contributed by atoms with E-state index < -0.39 is 15.9 Å². The molecule has 0 saturated heterocycles. The first-order valence-corrected chi connectivity index (χ1v) is 11.3. The van der Waals surface area contributed by atoms with Gasteiger partial charge in [-0.05, 0) is 37.3 Å². The lowest BCUT2D eigenvalue weighted by Gasteiger charge is -2.12. The number of carbonyl (C=O) groups is 1. The van der Waals surface area contributed by atoms with Gasteiger partial charge in [0, 0.05) is 38.0 Å². The number of para-hydroxylation sites is 1. The summed E-state index contributed by atoms with van der Waals surface area (Å²) in [6.45, 7) is 2.15. The van der Waals surface area contributed by atoms with Crippen LogP contribution in [0, 0.1) is 11.3 Å². The van der Waals surface area contributed by atoms with Crippen molar-refractivity contribution in [2.45, 2.75) is 11.8 Å². The molecular formula is C23H23N5O3S. The van der Waals surface area contributed by atoms with Crippen LogP contribution in [0.15, 0.2) is 71.3 Å². The molecule has 0 bridgehead atoms. The molecule has 0 radical (unpaired) electrons. The van der Waals surface area contributed by atoms with Gasteiger partial charge in [-0.1, -0.05) is 30.3 Å². The maximum absolute atomic E-state index is 12.6. The van der Waals surface area contributed by atoms with Gasteiger partial charge < -0.3 is 5.32 Å². The van der Waals surface area contributed by atoms with Gasteiger partial charge >= 0.3 is 0 Å². The van der Waals surface area contributed by atoms with Crippen molar-refractivity contribution in [2.75, 3.05) is 20.6 Å². The third-order valence-electron chi connectivity index (χ3n) is 4.65. The molecule has 1 amide bonds. The number of nitrogens with zero attached hydrogens (tertiary/aromatic N) is 4. The number of nitriles is 1. The number of benzene rings is 2. The van der Waals surface area contributed by atoms with Crippen LogP contribution in [0.4, 0.5) is 0 Å². The lowest BCUT2D eigenvalue weighted by molar-refractivity contribution is -0.116. The highest BCUT2D eigenvalue weighted by atomic mass is 32.2. The first-order chi connectivity index (χ1) is 15.3. The molecule has 0 spiro atoms. The molecule has 0 fully saturated rings. The number of hydrogen-bond acceptors (Lipinski definition) is 5. The Morgan fingerprint density at radius 2 is 1.91 bits per heavy atom. The zero-order valence-corrected chi connectivity index (χ0v) is 18.8. The van der Waals surface area contributed by atoms with E-state index in [1.165, 1.54) is 32.3 Å². The topological polar surface area (TPSA) is 108 Å². The zero-order chi connectivity index (χ0) is 23.3. The summed E-state index contributed by atoms with van der Waals surface area (Å²) < 4.78 is 28.0. The zero-order valence-electron chi connectivity index (χ0n) is 18.0. The molecule has 3 aromatic rings. The monoisotopic (exact) mass is 449 g/mol. The maximum Gasteiger partial charge on any atom is 0.261 e. The summed E-state index contributed by atoms with van der Waals surface area (Å²) in [7, 11) is -0.719. The molecule has 0 aliphatic heterocycles. The Kier molecular flexibility index (Phi) is 6.88. The smallest absolute Gasteiger partial charge is 0.261 e. The highest BCUT2D eigenvalue weighted by Crippen LogP contribution is 2.28. The second-order valence-electron chi connectivity index (χ2n) is 7.06. The molecule has 2 aromatic carbocycles. The molecule has 0 unspecified atom stereocenters. The van der Waals surface area contributed by atoms with E-state index in [0.29, 0.717) is 23.4 Å². The van der Waals surface area contributed by atoms with Crippen LogP contribution in [-0.4, -0.2) is 49.1 Å². The quantitative estimate of drug-likeness (QED) is 0.441. The average molecular weight is 450 g/mol. The van der Waals surface area contributed by atoms with Gasteiger partial charge in [-0.3, -0.25) is 4.79 Å². The third-order valence-corrected chi connectivity index (χ3v) is 6.46. The SMILES string of the molecule is CCNC(=O)C(C#N)=Cc1cn(-c2ccccc2)nc1-c1cccc(S(=O)(=O)N(C)C)c1. The molecule has 0 atom stereocenters. The van der Waals surface area contributed by atoms with E-state index >= 15 is 0 Å². The standard InChI is InChI=1S/C23H23N5O3S/c1-4-25-23(29)18(15-24)13-19-16-28(20-10-6-5-7-11-20)26-22(19)17-9-8-12-21(14-17)32(30,31)27(2)3/h5-14,16H,4H2,1-3H3,(H,25,29). The van der Waals surface area contributed by atoms with Crippen molar-refractivity contribution in [2.24, 2.45) is 0 Å². The molecule has 1 aromatic heterocycles. The number of carbonyl (C=O) groups excluding carboxylic acids is 1. The van der Waals surface area contributed by atoms with Crippen molar-refractivity contribution >= 4 is 22.0 Å². The van der Waals surface area contributed by atoms with E-state index in [1.54, 1.807) is 29.9 Å². The van der Waals surface area contributed by atoms with Crippen molar-refractivity contribution in [1.29, 1.82) is 5.26 Å². The minimum absolute atomic E-state index is 0.0715. The van der Waals surface area contributed by atoms with Crippen molar-refractivity contribution in [3.05, 3.63) is 71.9 Å². The second kappa shape index (κ2) is 9.60. The highest BCUT2D eigenvalue weighted by molar-refractivity contribution is 7.89. The van der Waals surface area contributed by atoms with E-state index in [0.717, 1.165) is 9.99 Å². The summed E-state index contributed by atoms with van der Waals surface area (Å²) >= 11 is 0. The number of aromatic nitrogens is 2. The number of amides is 1. The summed E-state index contributed by atoms with van der Waals surface area (Å²) in [5.74, 6) is -0.489. The number of nitrogens with one attached hydrogen (secondary N) is 1. The largest absolute Gasteiger partial charge is 0.352 e. The number of hydrogen-bond donors (Lipinski definition) is 1. The normalized spacial score (nSPS) is 11.9. The number of likely N-dealkylation sites (N-methyl/N-ethyl adjacent to an activating group) is 1.